The SMILES string of the molecule is Cc1cccc(C2C(C(=O)c3cc4cc(Cl)ccc4o3)=C(O)C(=O)N2CCOC(C)C)c1. The number of nitrogens with zero attached hydrogens (tertiary/aromatic N) is 1. The second-order valence-corrected chi connectivity index (χ2v) is 8.56. The lowest BCUT2D eigenvalue weighted by atomic mass is 9.94. The Bertz CT molecular complexity index is 1230. The summed E-state index contributed by atoms with van der Waals surface area (Å²) < 4.78 is 11.3. The summed E-state index contributed by atoms with van der Waals surface area (Å²) in [5, 5.41) is 11.9. The normalized spacial score (nSPS) is 16.6. The van der Waals surface area contributed by atoms with Crippen LogP contribution in [-0.2, 0) is 9.53 Å². The van der Waals surface area contributed by atoms with Crippen LogP contribution in [0.5, 0.6) is 0 Å². The maximum Gasteiger partial charge on any atom is 0.290 e. The van der Waals surface area contributed by atoms with Gasteiger partial charge >= 0.3 is 0 Å². The van der Waals surface area contributed by atoms with E-state index in [0.29, 0.717) is 16.0 Å². The highest BCUT2D eigenvalue weighted by atomic mass is 35.5. The maximum absolute atomic E-state index is 13.5. The van der Waals surface area contributed by atoms with Crippen molar-refractivity contribution in [2.24, 2.45) is 0 Å². The predicted octanol–water partition coefficient (Wildman–Crippen LogP) is 5.40. The third-order valence-corrected chi connectivity index (χ3v) is 5.63. The number of hydrogen-bond acceptors (Lipinski definition) is 5. The number of ketones is 1. The summed E-state index contributed by atoms with van der Waals surface area (Å²) in [5.74, 6) is -1.67. The van der Waals surface area contributed by atoms with Gasteiger partial charge < -0.3 is 19.2 Å². The molecule has 1 N–H and O–H groups in total. The molecule has 1 unspecified atom stereocenters. The summed E-state index contributed by atoms with van der Waals surface area (Å²) in [7, 11) is 0. The molecule has 0 radical (unpaired) electrons. The first-order valence-electron chi connectivity index (χ1n) is 10.4. The molecule has 1 aromatic heterocycles. The molecule has 1 atom stereocenters. The van der Waals surface area contributed by atoms with Gasteiger partial charge in [0, 0.05) is 17.0 Å². The topological polar surface area (TPSA) is 80.0 Å². The summed E-state index contributed by atoms with van der Waals surface area (Å²) in [5.41, 5.74) is 2.20. The van der Waals surface area contributed by atoms with Gasteiger partial charge in [-0.1, -0.05) is 41.4 Å². The third kappa shape index (κ3) is 4.16. The zero-order chi connectivity index (χ0) is 23.0. The van der Waals surface area contributed by atoms with E-state index in [1.165, 1.54) is 4.90 Å². The van der Waals surface area contributed by atoms with E-state index >= 15 is 0 Å². The van der Waals surface area contributed by atoms with Gasteiger partial charge in [0.25, 0.3) is 5.91 Å². The molecule has 0 aliphatic carbocycles. The summed E-state index contributed by atoms with van der Waals surface area (Å²) in [6.07, 6.45) is -0.00449. The molecule has 1 aliphatic rings. The minimum atomic E-state index is -0.748. The monoisotopic (exact) mass is 453 g/mol. The number of benzene rings is 2. The minimum absolute atomic E-state index is 0.00435. The molecule has 6 nitrogen and oxygen atoms in total. The molecule has 0 saturated heterocycles. The molecule has 1 aliphatic heterocycles. The van der Waals surface area contributed by atoms with Crippen LogP contribution in [0.25, 0.3) is 11.0 Å². The molecule has 0 spiro atoms. The number of furan rings is 1. The summed E-state index contributed by atoms with van der Waals surface area (Å²) >= 11 is 6.05. The van der Waals surface area contributed by atoms with Gasteiger partial charge in [0.05, 0.1) is 24.3 Å². The van der Waals surface area contributed by atoms with Crippen LogP contribution in [0.15, 0.2) is 64.3 Å². The predicted molar refractivity (Wildman–Crippen MR) is 122 cm³/mol. The fourth-order valence-corrected chi connectivity index (χ4v) is 4.13. The van der Waals surface area contributed by atoms with E-state index in [1.807, 2.05) is 45.0 Å². The number of carbonyl (C=O) groups is 2. The molecule has 4 rings (SSSR count). The van der Waals surface area contributed by atoms with Crippen molar-refractivity contribution in [2.75, 3.05) is 13.2 Å². The third-order valence-electron chi connectivity index (χ3n) is 5.39. The number of rotatable bonds is 7. The lowest BCUT2D eigenvalue weighted by Crippen LogP contribution is -2.34. The van der Waals surface area contributed by atoms with Crippen molar-refractivity contribution in [3.63, 3.8) is 0 Å². The highest BCUT2D eigenvalue weighted by Gasteiger charge is 2.44. The first kappa shape index (κ1) is 22.1. The number of ether oxygens (including phenoxy) is 1. The number of amides is 1. The van der Waals surface area contributed by atoms with E-state index in [-0.39, 0.29) is 30.6 Å². The number of Topliss-reactive ketones (excluding diaryl/α,β-unsaturated/α-hetero) is 1. The van der Waals surface area contributed by atoms with Gasteiger partial charge in [0.1, 0.15) is 5.58 Å². The molecule has 7 heteroatoms. The van der Waals surface area contributed by atoms with Gasteiger partial charge in [-0.2, -0.15) is 0 Å². The number of fused-ring (bicyclic) bond motifs is 1. The number of halogens is 1. The van der Waals surface area contributed by atoms with Crippen LogP contribution in [0, 0.1) is 6.92 Å². The fourth-order valence-electron chi connectivity index (χ4n) is 3.95. The molecule has 2 heterocycles. The van der Waals surface area contributed by atoms with E-state index in [1.54, 1.807) is 24.3 Å². The quantitative estimate of drug-likeness (QED) is 0.484. The van der Waals surface area contributed by atoms with Gasteiger partial charge in [-0.25, -0.2) is 0 Å². The van der Waals surface area contributed by atoms with Crippen molar-refractivity contribution in [1.29, 1.82) is 0 Å². The van der Waals surface area contributed by atoms with Crippen molar-refractivity contribution < 1.29 is 23.8 Å². The molecular weight excluding hydrogens is 430 g/mol. The number of carbonyl (C=O) groups excluding carboxylic acids is 2. The molecule has 2 aromatic carbocycles. The number of aryl methyl sites for hydroxylation is 1. The zero-order valence-corrected chi connectivity index (χ0v) is 18.8. The van der Waals surface area contributed by atoms with Crippen molar-refractivity contribution in [1.82, 2.24) is 4.90 Å². The van der Waals surface area contributed by atoms with E-state index in [9.17, 15) is 14.7 Å². The largest absolute Gasteiger partial charge is 0.503 e. The Hall–Kier alpha value is -3.09. The van der Waals surface area contributed by atoms with Crippen molar-refractivity contribution >= 4 is 34.3 Å². The average Bonchev–Trinajstić information content (AvgIpc) is 3.27. The summed E-state index contributed by atoms with van der Waals surface area (Å²) in [4.78, 5) is 27.9. The molecular formula is C25H24ClNO5. The smallest absolute Gasteiger partial charge is 0.290 e. The Morgan fingerprint density at radius 2 is 2.00 bits per heavy atom. The van der Waals surface area contributed by atoms with E-state index in [0.717, 1.165) is 11.1 Å². The molecule has 1 amide bonds. The molecule has 166 valence electrons. The van der Waals surface area contributed by atoms with Crippen molar-refractivity contribution in [2.45, 2.75) is 32.9 Å². The molecule has 0 saturated carbocycles. The highest BCUT2D eigenvalue weighted by Crippen LogP contribution is 2.39. The van der Waals surface area contributed by atoms with Crippen LogP contribution < -0.4 is 0 Å². The van der Waals surface area contributed by atoms with Crippen molar-refractivity contribution in [3.8, 4) is 0 Å². The lowest BCUT2D eigenvalue weighted by molar-refractivity contribution is -0.130. The molecule has 32 heavy (non-hydrogen) atoms. The Morgan fingerprint density at radius 1 is 1.22 bits per heavy atom. The van der Waals surface area contributed by atoms with Crippen LogP contribution in [-0.4, -0.2) is 41.0 Å². The number of aliphatic hydroxyl groups is 1. The Morgan fingerprint density at radius 3 is 2.72 bits per heavy atom. The van der Waals surface area contributed by atoms with Gasteiger partial charge in [0.2, 0.25) is 5.78 Å². The summed E-state index contributed by atoms with van der Waals surface area (Å²) in [6.45, 7) is 6.25. The Balaban J connectivity index is 1.76. The van der Waals surface area contributed by atoms with Crippen LogP contribution in [0.4, 0.5) is 0 Å². The van der Waals surface area contributed by atoms with E-state index < -0.39 is 23.5 Å². The molecule has 0 fully saturated rings. The number of hydrogen-bond donors (Lipinski definition) is 1. The van der Waals surface area contributed by atoms with Gasteiger partial charge in [-0.15, -0.1) is 0 Å². The maximum atomic E-state index is 13.5. The first-order chi connectivity index (χ1) is 15.3. The minimum Gasteiger partial charge on any atom is -0.503 e. The summed E-state index contributed by atoms with van der Waals surface area (Å²) in [6, 6.07) is 13.4. The molecule has 0 bridgehead atoms. The second kappa shape index (κ2) is 8.81. The zero-order valence-electron chi connectivity index (χ0n) is 18.1. The van der Waals surface area contributed by atoms with E-state index in [4.69, 9.17) is 20.8 Å². The van der Waals surface area contributed by atoms with Crippen LogP contribution in [0.3, 0.4) is 0 Å². The van der Waals surface area contributed by atoms with Gasteiger partial charge in [-0.3, -0.25) is 9.59 Å². The lowest BCUT2D eigenvalue weighted by Gasteiger charge is -2.27. The average molecular weight is 454 g/mol. The first-order valence-corrected chi connectivity index (χ1v) is 10.8. The number of aliphatic hydroxyl groups excluding tert-OH is 1. The van der Waals surface area contributed by atoms with Gasteiger partial charge in [-0.05, 0) is 50.6 Å². The Labute approximate surface area is 191 Å². The van der Waals surface area contributed by atoms with Crippen LogP contribution >= 0.6 is 11.6 Å². The van der Waals surface area contributed by atoms with Crippen LogP contribution in [0.2, 0.25) is 5.02 Å². The molecule has 3 aromatic rings. The van der Waals surface area contributed by atoms with Crippen LogP contribution in [0.1, 0.15) is 41.6 Å². The van der Waals surface area contributed by atoms with E-state index in [2.05, 4.69) is 0 Å². The van der Waals surface area contributed by atoms with Crippen molar-refractivity contribution in [3.05, 3.63) is 81.8 Å². The van der Waals surface area contributed by atoms with Gasteiger partial charge in [0.15, 0.2) is 11.5 Å². The second-order valence-electron chi connectivity index (χ2n) is 8.12. The highest BCUT2D eigenvalue weighted by molar-refractivity contribution is 6.31. The standard InChI is InChI=1S/C25H24ClNO5/c1-14(2)31-10-9-27-22(16-6-4-5-15(3)11-16)21(24(29)25(27)30)23(28)20-13-17-12-18(26)7-8-19(17)32-20/h4-8,11-14,22,29H,9-10H2,1-3H3. The fraction of sp³-hybridized carbons (Fsp3) is 0.280. The Kier molecular flexibility index (Phi) is 6.09.